The van der Waals surface area contributed by atoms with Crippen LogP contribution in [0.15, 0.2) is 46.9 Å². The first kappa shape index (κ1) is 18.0. The Bertz CT molecular complexity index is 870. The van der Waals surface area contributed by atoms with Gasteiger partial charge in [-0.2, -0.15) is 0 Å². The number of oxazole rings is 1. The first-order valence-corrected chi connectivity index (χ1v) is 8.31. The normalized spacial score (nSPS) is 10.9. The molecule has 0 spiro atoms. The highest BCUT2D eigenvalue weighted by Gasteiger charge is 2.12. The summed E-state index contributed by atoms with van der Waals surface area (Å²) < 4.78 is 11.4. The topological polar surface area (TPSA) is 85.0 Å². The first-order chi connectivity index (χ1) is 12.6. The van der Waals surface area contributed by atoms with Gasteiger partial charge in [0.2, 0.25) is 5.89 Å². The van der Waals surface area contributed by atoms with Gasteiger partial charge in [-0.15, -0.1) is 0 Å². The fraction of sp³-hybridized carbons (Fsp3) is 0.250. The van der Waals surface area contributed by atoms with Crippen molar-refractivity contribution in [1.29, 1.82) is 0 Å². The van der Waals surface area contributed by atoms with Gasteiger partial charge in [-0.25, -0.2) is 9.87 Å². The molecule has 0 bridgehead atoms. The Morgan fingerprint density at radius 2 is 1.85 bits per heavy atom. The van der Waals surface area contributed by atoms with Crippen molar-refractivity contribution >= 4 is 0 Å². The molecule has 0 amide bonds. The lowest BCUT2D eigenvalue weighted by molar-refractivity contribution is -0.253. The zero-order valence-corrected chi connectivity index (χ0v) is 14.7. The third kappa shape index (κ3) is 4.22. The van der Waals surface area contributed by atoms with E-state index in [1.165, 1.54) is 11.6 Å². The zero-order valence-electron chi connectivity index (χ0n) is 14.7. The predicted molar refractivity (Wildman–Crippen MR) is 96.1 cm³/mol. The average Bonchev–Trinajstić information content (AvgIpc) is 2.99. The molecule has 0 radical (unpaired) electrons. The van der Waals surface area contributed by atoms with Crippen LogP contribution in [0.3, 0.4) is 0 Å². The molecular weight excluding hydrogens is 334 g/mol. The number of hydrogen-bond donors (Lipinski definition) is 2. The summed E-state index contributed by atoms with van der Waals surface area (Å²) in [4.78, 5) is 8.58. The van der Waals surface area contributed by atoms with Crippen LogP contribution in [0, 0.1) is 13.8 Å². The highest BCUT2D eigenvalue weighted by Crippen LogP contribution is 2.25. The number of nitrogens with zero attached hydrogens (tertiary/aromatic N) is 1. The van der Waals surface area contributed by atoms with Gasteiger partial charge in [0.25, 0.3) is 0 Å². The molecular formula is C20H21NO5. The van der Waals surface area contributed by atoms with E-state index in [0.29, 0.717) is 30.2 Å². The summed E-state index contributed by atoms with van der Waals surface area (Å²) in [6.07, 6.45) is 0.587. The summed E-state index contributed by atoms with van der Waals surface area (Å²) in [5.41, 5.74) is 3.45. The van der Waals surface area contributed by atoms with Crippen LogP contribution in [0.1, 0.15) is 22.6 Å². The molecule has 6 nitrogen and oxygen atoms in total. The molecule has 1 aromatic heterocycles. The predicted octanol–water partition coefficient (Wildman–Crippen LogP) is 4.28. The minimum Gasteiger partial charge on any atom is -0.507 e. The lowest BCUT2D eigenvalue weighted by Crippen LogP contribution is -2.03. The Hall–Kier alpha value is -2.83. The standard InChI is InChI=1S/C20H21NO5/c1-13-3-5-15(6-4-13)20-21-18(14(2)26-20)9-10-24-17-8-7-16(12-25-23)19(22)11-17/h3-8,11,22-23H,9-10,12H2,1-2H3. The van der Waals surface area contributed by atoms with Gasteiger partial charge in [-0.3, -0.25) is 5.26 Å². The molecule has 1 heterocycles. The Labute approximate surface area is 151 Å². The van der Waals surface area contributed by atoms with E-state index in [1.54, 1.807) is 12.1 Å². The van der Waals surface area contributed by atoms with Crippen LogP contribution in [0.4, 0.5) is 0 Å². The van der Waals surface area contributed by atoms with Crippen LogP contribution in [-0.4, -0.2) is 22.0 Å². The number of aromatic nitrogens is 1. The van der Waals surface area contributed by atoms with Gasteiger partial charge < -0.3 is 14.3 Å². The van der Waals surface area contributed by atoms with Crippen LogP contribution >= 0.6 is 0 Å². The molecule has 3 aromatic rings. The van der Waals surface area contributed by atoms with Gasteiger partial charge in [-0.1, -0.05) is 17.7 Å². The maximum Gasteiger partial charge on any atom is 0.226 e. The molecule has 2 aromatic carbocycles. The number of aryl methyl sites for hydroxylation is 2. The van der Waals surface area contributed by atoms with E-state index < -0.39 is 0 Å². The largest absolute Gasteiger partial charge is 0.507 e. The third-order valence-corrected chi connectivity index (χ3v) is 4.08. The minimum atomic E-state index is -0.0773. The fourth-order valence-corrected chi connectivity index (χ4v) is 2.57. The number of phenols is 1. The Kier molecular flexibility index (Phi) is 5.55. The van der Waals surface area contributed by atoms with Crippen LogP contribution in [0.2, 0.25) is 0 Å². The molecule has 136 valence electrons. The number of rotatable bonds is 7. The molecule has 3 rings (SSSR count). The summed E-state index contributed by atoms with van der Waals surface area (Å²) in [5.74, 6) is 1.91. The monoisotopic (exact) mass is 355 g/mol. The van der Waals surface area contributed by atoms with E-state index in [1.807, 2.05) is 38.1 Å². The summed E-state index contributed by atoms with van der Waals surface area (Å²) in [6, 6.07) is 12.9. The van der Waals surface area contributed by atoms with Crippen molar-refractivity contribution in [1.82, 2.24) is 4.98 Å². The number of benzene rings is 2. The number of hydrogen-bond acceptors (Lipinski definition) is 6. The molecule has 0 aliphatic heterocycles. The summed E-state index contributed by atoms with van der Waals surface area (Å²) in [7, 11) is 0. The van der Waals surface area contributed by atoms with Crippen molar-refractivity contribution in [2.24, 2.45) is 0 Å². The molecule has 0 saturated heterocycles. The number of aromatic hydroxyl groups is 1. The molecule has 0 aliphatic carbocycles. The van der Waals surface area contributed by atoms with Gasteiger partial charge in [0.15, 0.2) is 0 Å². The Morgan fingerprint density at radius 3 is 2.54 bits per heavy atom. The maximum absolute atomic E-state index is 9.83. The smallest absolute Gasteiger partial charge is 0.226 e. The van der Waals surface area contributed by atoms with Gasteiger partial charge in [-0.05, 0) is 38.1 Å². The van der Waals surface area contributed by atoms with Crippen LogP contribution in [0.25, 0.3) is 11.5 Å². The van der Waals surface area contributed by atoms with Crippen molar-refractivity contribution < 1.29 is 24.4 Å². The SMILES string of the molecule is Cc1ccc(-c2nc(CCOc3ccc(COO)c(O)c3)c(C)o2)cc1. The van der Waals surface area contributed by atoms with E-state index in [4.69, 9.17) is 14.4 Å². The molecule has 6 heteroatoms. The van der Waals surface area contributed by atoms with E-state index in [0.717, 1.165) is 17.0 Å². The quantitative estimate of drug-likeness (QED) is 0.486. The molecule has 0 unspecified atom stereocenters. The van der Waals surface area contributed by atoms with Gasteiger partial charge >= 0.3 is 0 Å². The lowest BCUT2D eigenvalue weighted by Gasteiger charge is -2.08. The Balaban J connectivity index is 1.61. The maximum atomic E-state index is 9.83. The second-order valence-corrected chi connectivity index (χ2v) is 6.05. The zero-order chi connectivity index (χ0) is 18.5. The van der Waals surface area contributed by atoms with E-state index >= 15 is 0 Å². The number of phenolic OH excluding ortho intramolecular Hbond substituents is 1. The van der Waals surface area contributed by atoms with Gasteiger partial charge in [0.05, 0.1) is 12.3 Å². The van der Waals surface area contributed by atoms with Gasteiger partial charge in [0.1, 0.15) is 23.9 Å². The minimum absolute atomic E-state index is 0.0100. The first-order valence-electron chi connectivity index (χ1n) is 8.31. The van der Waals surface area contributed by atoms with Crippen molar-refractivity contribution in [3.8, 4) is 23.0 Å². The molecule has 0 saturated carbocycles. The lowest BCUT2D eigenvalue weighted by atomic mass is 10.1. The number of ether oxygens (including phenoxy) is 1. The van der Waals surface area contributed by atoms with Crippen LogP contribution < -0.4 is 4.74 Å². The van der Waals surface area contributed by atoms with Crippen molar-refractivity contribution in [2.75, 3.05) is 6.61 Å². The highest BCUT2D eigenvalue weighted by molar-refractivity contribution is 5.54. The van der Waals surface area contributed by atoms with E-state index in [-0.39, 0.29) is 12.4 Å². The van der Waals surface area contributed by atoms with Gasteiger partial charge in [0, 0.05) is 23.6 Å². The molecule has 2 N–H and O–H groups in total. The summed E-state index contributed by atoms with van der Waals surface area (Å²) in [6.45, 7) is 4.24. The average molecular weight is 355 g/mol. The van der Waals surface area contributed by atoms with Crippen molar-refractivity contribution in [3.05, 3.63) is 65.0 Å². The highest BCUT2D eigenvalue weighted by atomic mass is 17.1. The molecule has 26 heavy (non-hydrogen) atoms. The second kappa shape index (κ2) is 8.03. The summed E-state index contributed by atoms with van der Waals surface area (Å²) in [5, 5.41) is 18.3. The van der Waals surface area contributed by atoms with Crippen molar-refractivity contribution in [3.63, 3.8) is 0 Å². The van der Waals surface area contributed by atoms with Crippen LogP contribution in [-0.2, 0) is 17.9 Å². The Morgan fingerprint density at radius 1 is 1.08 bits per heavy atom. The van der Waals surface area contributed by atoms with E-state index in [9.17, 15) is 5.11 Å². The summed E-state index contributed by atoms with van der Waals surface area (Å²) >= 11 is 0. The second-order valence-electron chi connectivity index (χ2n) is 6.05. The van der Waals surface area contributed by atoms with Crippen molar-refractivity contribution in [2.45, 2.75) is 26.9 Å². The fourth-order valence-electron chi connectivity index (χ4n) is 2.57. The third-order valence-electron chi connectivity index (χ3n) is 4.08. The molecule has 0 atom stereocenters. The molecule has 0 fully saturated rings. The molecule has 0 aliphatic rings. The van der Waals surface area contributed by atoms with E-state index in [2.05, 4.69) is 9.87 Å². The van der Waals surface area contributed by atoms with Crippen LogP contribution in [0.5, 0.6) is 11.5 Å².